The minimum Gasteiger partial charge on any atom is -0.488 e. The zero-order valence-corrected chi connectivity index (χ0v) is 18.1. The number of carbonyl (C=O) groups excluding carboxylic acids is 1. The first-order valence-electron chi connectivity index (χ1n) is 10.8. The van der Waals surface area contributed by atoms with Crippen molar-refractivity contribution in [2.24, 2.45) is 5.10 Å². The van der Waals surface area contributed by atoms with E-state index in [4.69, 9.17) is 9.84 Å². The van der Waals surface area contributed by atoms with Gasteiger partial charge in [-0.1, -0.05) is 24.3 Å². The fraction of sp³-hybridized carbons (Fsp3) is 0.192. The van der Waals surface area contributed by atoms with Crippen LogP contribution in [0.3, 0.4) is 0 Å². The number of carboxylic acid groups (broad SMARTS) is 1. The molecule has 1 saturated heterocycles. The lowest BCUT2D eigenvalue weighted by molar-refractivity contribution is 0.0696. The molecule has 2 N–H and O–H groups in total. The predicted octanol–water partition coefficient (Wildman–Crippen LogP) is 4.33. The lowest BCUT2D eigenvalue weighted by atomic mass is 10.1. The van der Waals surface area contributed by atoms with Crippen LogP contribution < -0.4 is 15.1 Å². The Morgan fingerprint density at radius 1 is 0.939 bits per heavy atom. The Morgan fingerprint density at radius 3 is 2.30 bits per heavy atom. The van der Waals surface area contributed by atoms with Gasteiger partial charge in [-0.25, -0.2) is 10.2 Å². The number of ether oxygens (including phenoxy) is 1. The fourth-order valence-corrected chi connectivity index (χ4v) is 3.65. The predicted molar refractivity (Wildman–Crippen MR) is 127 cm³/mol. The second kappa shape index (κ2) is 10.5. The Labute approximate surface area is 192 Å². The number of anilines is 1. The Bertz CT molecular complexity index is 1130. The van der Waals surface area contributed by atoms with Crippen molar-refractivity contribution in [2.45, 2.75) is 19.4 Å². The molecule has 0 atom stereocenters. The summed E-state index contributed by atoms with van der Waals surface area (Å²) in [6.45, 7) is 2.40. The molecule has 7 heteroatoms. The zero-order chi connectivity index (χ0) is 23.0. The van der Waals surface area contributed by atoms with E-state index >= 15 is 0 Å². The number of para-hydroxylation sites is 1. The molecule has 3 aromatic carbocycles. The minimum absolute atomic E-state index is 0.229. The average Bonchev–Trinajstić information content (AvgIpc) is 3.39. The van der Waals surface area contributed by atoms with E-state index in [2.05, 4.69) is 15.4 Å². The minimum atomic E-state index is -0.964. The number of rotatable bonds is 8. The van der Waals surface area contributed by atoms with Gasteiger partial charge in [0.05, 0.1) is 11.8 Å². The number of aromatic carboxylic acids is 1. The molecule has 168 valence electrons. The molecule has 0 aliphatic carbocycles. The molecule has 0 bridgehead atoms. The molecule has 0 aromatic heterocycles. The molecule has 7 nitrogen and oxygen atoms in total. The van der Waals surface area contributed by atoms with Crippen LogP contribution in [-0.2, 0) is 6.61 Å². The highest BCUT2D eigenvalue weighted by Crippen LogP contribution is 2.21. The Kier molecular flexibility index (Phi) is 6.99. The zero-order valence-electron chi connectivity index (χ0n) is 18.1. The van der Waals surface area contributed by atoms with Crippen molar-refractivity contribution >= 4 is 23.8 Å². The number of hydrogen-bond donors (Lipinski definition) is 2. The SMILES string of the molecule is O=C(O)c1ccc(COc2ccccc2/C=N\NC(=O)c2ccc(N3CCCC3)cc2)cc1. The number of amides is 1. The van der Waals surface area contributed by atoms with Crippen LogP contribution in [0.25, 0.3) is 0 Å². The van der Waals surface area contributed by atoms with Crippen molar-refractivity contribution < 1.29 is 19.4 Å². The highest BCUT2D eigenvalue weighted by atomic mass is 16.5. The third-order valence-corrected chi connectivity index (χ3v) is 5.48. The van der Waals surface area contributed by atoms with Crippen LogP contribution in [0.4, 0.5) is 5.69 Å². The van der Waals surface area contributed by atoms with E-state index in [1.807, 2.05) is 48.5 Å². The van der Waals surface area contributed by atoms with E-state index in [0.29, 0.717) is 16.9 Å². The number of nitrogens with one attached hydrogen (secondary N) is 1. The van der Waals surface area contributed by atoms with E-state index < -0.39 is 5.97 Å². The molecule has 0 saturated carbocycles. The average molecular weight is 444 g/mol. The highest BCUT2D eigenvalue weighted by Gasteiger charge is 2.13. The first kappa shape index (κ1) is 22.1. The van der Waals surface area contributed by atoms with Crippen molar-refractivity contribution in [1.82, 2.24) is 5.43 Å². The number of carboxylic acids is 1. The Hall–Kier alpha value is -4.13. The molecular weight excluding hydrogens is 418 g/mol. The monoisotopic (exact) mass is 443 g/mol. The number of benzene rings is 3. The van der Waals surface area contributed by atoms with Gasteiger partial charge in [-0.05, 0) is 66.9 Å². The number of carbonyl (C=O) groups is 2. The van der Waals surface area contributed by atoms with Crippen LogP contribution in [0.15, 0.2) is 77.9 Å². The topological polar surface area (TPSA) is 91.2 Å². The van der Waals surface area contributed by atoms with Gasteiger partial charge in [0.2, 0.25) is 0 Å². The van der Waals surface area contributed by atoms with Crippen molar-refractivity contribution in [2.75, 3.05) is 18.0 Å². The maximum absolute atomic E-state index is 12.4. The smallest absolute Gasteiger partial charge is 0.335 e. The van der Waals surface area contributed by atoms with Crippen LogP contribution in [0.1, 0.15) is 44.7 Å². The number of nitrogens with zero attached hydrogens (tertiary/aromatic N) is 2. The molecule has 0 unspecified atom stereocenters. The summed E-state index contributed by atoms with van der Waals surface area (Å²) in [6, 6.07) is 21.4. The second-order valence-corrected chi connectivity index (χ2v) is 7.77. The van der Waals surface area contributed by atoms with E-state index in [9.17, 15) is 9.59 Å². The lowest BCUT2D eigenvalue weighted by Gasteiger charge is -2.17. The lowest BCUT2D eigenvalue weighted by Crippen LogP contribution is -2.19. The number of hydrogen-bond acceptors (Lipinski definition) is 5. The summed E-state index contributed by atoms with van der Waals surface area (Å²) >= 11 is 0. The molecule has 1 aliphatic heterocycles. The Balaban J connectivity index is 1.34. The third kappa shape index (κ3) is 5.77. The summed E-state index contributed by atoms with van der Waals surface area (Å²) in [4.78, 5) is 25.7. The summed E-state index contributed by atoms with van der Waals surface area (Å²) in [6.07, 6.45) is 3.96. The molecule has 3 aromatic rings. The van der Waals surface area contributed by atoms with Crippen molar-refractivity contribution in [1.29, 1.82) is 0 Å². The maximum Gasteiger partial charge on any atom is 0.335 e. The van der Waals surface area contributed by atoms with Gasteiger partial charge < -0.3 is 14.7 Å². The molecule has 1 amide bonds. The van der Waals surface area contributed by atoms with E-state index in [1.54, 1.807) is 30.5 Å². The van der Waals surface area contributed by atoms with Gasteiger partial charge in [-0.3, -0.25) is 4.79 Å². The fourth-order valence-electron chi connectivity index (χ4n) is 3.65. The summed E-state index contributed by atoms with van der Waals surface area (Å²) in [5.74, 6) is -0.641. The van der Waals surface area contributed by atoms with E-state index in [-0.39, 0.29) is 18.1 Å². The van der Waals surface area contributed by atoms with Gasteiger partial charge >= 0.3 is 5.97 Å². The van der Waals surface area contributed by atoms with Crippen LogP contribution >= 0.6 is 0 Å². The molecule has 33 heavy (non-hydrogen) atoms. The first-order valence-corrected chi connectivity index (χ1v) is 10.8. The maximum atomic E-state index is 12.4. The molecule has 4 rings (SSSR count). The number of hydrazone groups is 1. The van der Waals surface area contributed by atoms with Gasteiger partial charge in [0.25, 0.3) is 5.91 Å². The molecule has 1 aliphatic rings. The van der Waals surface area contributed by atoms with E-state index in [1.165, 1.54) is 12.8 Å². The Morgan fingerprint density at radius 2 is 1.61 bits per heavy atom. The molecular formula is C26H25N3O4. The summed E-state index contributed by atoms with van der Waals surface area (Å²) < 4.78 is 5.87. The van der Waals surface area contributed by atoms with Gasteiger partial charge in [0.15, 0.2) is 0 Å². The summed E-state index contributed by atoms with van der Waals surface area (Å²) in [5, 5.41) is 13.1. The largest absolute Gasteiger partial charge is 0.488 e. The van der Waals surface area contributed by atoms with Crippen molar-refractivity contribution in [3.8, 4) is 5.75 Å². The van der Waals surface area contributed by atoms with E-state index in [0.717, 1.165) is 24.3 Å². The van der Waals surface area contributed by atoms with Crippen LogP contribution in [0.5, 0.6) is 5.75 Å². The summed E-state index contributed by atoms with van der Waals surface area (Å²) in [5.41, 5.74) is 6.03. The summed E-state index contributed by atoms with van der Waals surface area (Å²) in [7, 11) is 0. The van der Waals surface area contributed by atoms with Crippen LogP contribution in [0.2, 0.25) is 0 Å². The molecule has 1 fully saturated rings. The van der Waals surface area contributed by atoms with Crippen molar-refractivity contribution in [3.63, 3.8) is 0 Å². The highest BCUT2D eigenvalue weighted by molar-refractivity contribution is 5.95. The normalized spacial score (nSPS) is 13.3. The van der Waals surface area contributed by atoms with Crippen LogP contribution in [0, 0.1) is 0 Å². The molecule has 0 spiro atoms. The van der Waals surface area contributed by atoms with Crippen molar-refractivity contribution in [3.05, 3.63) is 95.1 Å². The van der Waals surface area contributed by atoms with Gasteiger partial charge in [0.1, 0.15) is 12.4 Å². The molecule has 1 heterocycles. The quantitative estimate of drug-likeness (QED) is 0.400. The van der Waals surface area contributed by atoms with Gasteiger partial charge in [-0.2, -0.15) is 5.10 Å². The first-order chi connectivity index (χ1) is 16.1. The standard InChI is InChI=1S/C26H25N3O4/c30-25(20-11-13-23(14-12-20)29-15-3-4-16-29)28-27-17-22-5-1-2-6-24(22)33-18-19-7-9-21(10-8-19)26(31)32/h1-2,5-14,17H,3-4,15-16,18H2,(H,28,30)(H,31,32)/b27-17-. The van der Waals surface area contributed by atoms with Gasteiger partial charge in [-0.15, -0.1) is 0 Å². The second-order valence-electron chi connectivity index (χ2n) is 7.77. The molecule has 0 radical (unpaired) electrons. The third-order valence-electron chi connectivity index (χ3n) is 5.48. The van der Waals surface area contributed by atoms with Gasteiger partial charge in [0, 0.05) is 29.9 Å². The van der Waals surface area contributed by atoms with Crippen LogP contribution in [-0.4, -0.2) is 36.3 Å².